The largest absolute Gasteiger partial charge is 0.330 e. The summed E-state index contributed by atoms with van der Waals surface area (Å²) in [5, 5.41) is 12.4. The van der Waals surface area contributed by atoms with E-state index in [1.165, 1.54) is 11.3 Å². The van der Waals surface area contributed by atoms with Crippen LogP contribution in [0.1, 0.15) is 28.8 Å². The second-order valence-corrected chi connectivity index (χ2v) is 4.76. The summed E-state index contributed by atoms with van der Waals surface area (Å²) in [6, 6.07) is 2.12. The van der Waals surface area contributed by atoms with Crippen LogP contribution in [-0.4, -0.2) is 12.5 Å². The van der Waals surface area contributed by atoms with Gasteiger partial charge >= 0.3 is 0 Å². The van der Waals surface area contributed by atoms with E-state index in [1.54, 1.807) is 0 Å². The molecule has 0 saturated heterocycles. The Labute approximate surface area is 99.1 Å². The number of hydrogen-bond acceptors (Lipinski definition) is 4. The smallest absolute Gasteiger partial charge is 0.225 e. The first-order valence-electron chi connectivity index (χ1n) is 5.10. The maximum atomic E-state index is 11.5. The van der Waals surface area contributed by atoms with Gasteiger partial charge in [-0.2, -0.15) is 5.26 Å². The normalized spacial score (nSPS) is 9.88. The van der Waals surface area contributed by atoms with Crippen molar-refractivity contribution < 1.29 is 4.79 Å². The second kappa shape index (κ2) is 5.64. The molecule has 0 aliphatic rings. The van der Waals surface area contributed by atoms with Crippen molar-refractivity contribution in [3.8, 4) is 6.07 Å². The molecule has 0 saturated carbocycles. The lowest BCUT2D eigenvalue weighted by Crippen LogP contribution is -2.13. The fraction of sp³-hybridized carbons (Fsp3) is 0.455. The summed E-state index contributed by atoms with van der Waals surface area (Å²) in [6.07, 6.45) is 1.06. The maximum Gasteiger partial charge on any atom is 0.225 e. The molecule has 16 heavy (non-hydrogen) atoms. The Morgan fingerprint density at radius 2 is 2.25 bits per heavy atom. The molecule has 0 aromatic carbocycles. The lowest BCUT2D eigenvalue weighted by atomic mass is 10.2. The highest BCUT2D eigenvalue weighted by Gasteiger charge is 2.13. The molecule has 1 rings (SSSR count). The standard InChI is InChI=1S/C11H15N3OS/c1-7-8(2)16-11(9(7)6-13)14-10(15)4-3-5-12/h3-5,12H2,1-2H3,(H,14,15). The molecule has 5 heteroatoms. The SMILES string of the molecule is Cc1sc(NC(=O)CCCN)c(C#N)c1C. The number of aryl methyl sites for hydroxylation is 1. The molecule has 0 fully saturated rings. The van der Waals surface area contributed by atoms with Gasteiger partial charge in [-0.05, 0) is 32.4 Å². The summed E-state index contributed by atoms with van der Waals surface area (Å²) < 4.78 is 0. The Morgan fingerprint density at radius 1 is 1.56 bits per heavy atom. The zero-order valence-corrected chi connectivity index (χ0v) is 10.3. The second-order valence-electron chi connectivity index (χ2n) is 3.54. The van der Waals surface area contributed by atoms with E-state index < -0.39 is 0 Å². The number of anilines is 1. The van der Waals surface area contributed by atoms with Gasteiger partial charge in [-0.25, -0.2) is 0 Å². The first-order valence-corrected chi connectivity index (χ1v) is 5.91. The van der Waals surface area contributed by atoms with Crippen LogP contribution in [0.4, 0.5) is 5.00 Å². The fourth-order valence-electron chi connectivity index (χ4n) is 1.30. The summed E-state index contributed by atoms with van der Waals surface area (Å²) in [5.41, 5.74) is 6.84. The van der Waals surface area contributed by atoms with Gasteiger partial charge < -0.3 is 11.1 Å². The Balaban J connectivity index is 2.78. The molecule has 0 aliphatic carbocycles. The highest BCUT2D eigenvalue weighted by atomic mass is 32.1. The molecule has 3 N–H and O–H groups in total. The van der Waals surface area contributed by atoms with Crippen LogP contribution in [-0.2, 0) is 4.79 Å². The van der Waals surface area contributed by atoms with Gasteiger partial charge in [0.25, 0.3) is 0 Å². The van der Waals surface area contributed by atoms with E-state index in [1.807, 2.05) is 13.8 Å². The predicted molar refractivity (Wildman–Crippen MR) is 65.4 cm³/mol. The molecule has 4 nitrogen and oxygen atoms in total. The van der Waals surface area contributed by atoms with E-state index in [-0.39, 0.29) is 5.91 Å². The number of carbonyl (C=O) groups is 1. The minimum absolute atomic E-state index is 0.0804. The molecule has 1 amide bonds. The van der Waals surface area contributed by atoms with E-state index in [4.69, 9.17) is 11.0 Å². The Kier molecular flexibility index (Phi) is 4.47. The zero-order chi connectivity index (χ0) is 12.1. The van der Waals surface area contributed by atoms with Gasteiger partial charge in [-0.3, -0.25) is 4.79 Å². The van der Waals surface area contributed by atoms with Crippen LogP contribution in [0.5, 0.6) is 0 Å². The Hall–Kier alpha value is -1.38. The predicted octanol–water partition coefficient (Wildman–Crippen LogP) is 1.91. The Bertz CT molecular complexity index is 431. The average Bonchev–Trinajstić information content (AvgIpc) is 2.51. The van der Waals surface area contributed by atoms with Crippen LogP contribution in [0, 0.1) is 25.2 Å². The van der Waals surface area contributed by atoms with Gasteiger partial charge in [0, 0.05) is 11.3 Å². The minimum atomic E-state index is -0.0804. The van der Waals surface area contributed by atoms with Gasteiger partial charge in [0.05, 0.1) is 5.56 Å². The van der Waals surface area contributed by atoms with Gasteiger partial charge in [-0.15, -0.1) is 11.3 Å². The number of amides is 1. The Morgan fingerprint density at radius 3 is 2.81 bits per heavy atom. The summed E-state index contributed by atoms with van der Waals surface area (Å²) in [6.45, 7) is 4.33. The van der Waals surface area contributed by atoms with E-state index in [2.05, 4.69) is 11.4 Å². The third kappa shape index (κ3) is 2.81. The van der Waals surface area contributed by atoms with Crippen molar-refractivity contribution >= 4 is 22.2 Å². The number of nitrogens with two attached hydrogens (primary N) is 1. The van der Waals surface area contributed by atoms with Crippen LogP contribution in [0.15, 0.2) is 0 Å². The zero-order valence-electron chi connectivity index (χ0n) is 9.46. The third-order valence-electron chi connectivity index (χ3n) is 2.36. The molecule has 0 bridgehead atoms. The number of nitrogens with one attached hydrogen (secondary N) is 1. The van der Waals surface area contributed by atoms with Crippen molar-refractivity contribution in [3.63, 3.8) is 0 Å². The monoisotopic (exact) mass is 237 g/mol. The van der Waals surface area contributed by atoms with Gasteiger partial charge in [0.1, 0.15) is 11.1 Å². The average molecular weight is 237 g/mol. The molecule has 0 spiro atoms. The summed E-state index contributed by atoms with van der Waals surface area (Å²) in [4.78, 5) is 12.6. The van der Waals surface area contributed by atoms with Crippen molar-refractivity contribution in [2.24, 2.45) is 5.73 Å². The van der Waals surface area contributed by atoms with Gasteiger partial charge in [-0.1, -0.05) is 0 Å². The molecule has 1 heterocycles. The highest BCUT2D eigenvalue weighted by Crippen LogP contribution is 2.31. The van der Waals surface area contributed by atoms with Crippen molar-refractivity contribution in [2.45, 2.75) is 26.7 Å². The first-order chi connectivity index (χ1) is 7.60. The van der Waals surface area contributed by atoms with Crippen LogP contribution in [0.2, 0.25) is 0 Å². The number of rotatable bonds is 4. The fourth-order valence-corrected chi connectivity index (χ4v) is 2.33. The first kappa shape index (κ1) is 12.7. The number of nitrogens with zero attached hydrogens (tertiary/aromatic N) is 1. The molecule has 0 unspecified atom stereocenters. The van der Waals surface area contributed by atoms with E-state index in [9.17, 15) is 4.79 Å². The van der Waals surface area contributed by atoms with Gasteiger partial charge in [0.2, 0.25) is 5.91 Å². The summed E-state index contributed by atoms with van der Waals surface area (Å²) >= 11 is 1.44. The van der Waals surface area contributed by atoms with Crippen LogP contribution in [0.3, 0.4) is 0 Å². The molecule has 0 aliphatic heterocycles. The molecule has 86 valence electrons. The number of nitriles is 1. The molecule has 0 radical (unpaired) electrons. The quantitative estimate of drug-likeness (QED) is 0.839. The van der Waals surface area contributed by atoms with Crippen molar-refractivity contribution in [1.29, 1.82) is 5.26 Å². The number of thiophene rings is 1. The summed E-state index contributed by atoms with van der Waals surface area (Å²) in [7, 11) is 0. The van der Waals surface area contributed by atoms with E-state index >= 15 is 0 Å². The van der Waals surface area contributed by atoms with Crippen LogP contribution >= 0.6 is 11.3 Å². The van der Waals surface area contributed by atoms with E-state index in [0.29, 0.717) is 30.0 Å². The molecular formula is C11H15N3OS. The molecule has 0 atom stereocenters. The highest BCUT2D eigenvalue weighted by molar-refractivity contribution is 7.16. The number of carbonyl (C=O) groups excluding carboxylic acids is 1. The van der Waals surface area contributed by atoms with Crippen LogP contribution < -0.4 is 11.1 Å². The van der Waals surface area contributed by atoms with Crippen molar-refractivity contribution in [2.75, 3.05) is 11.9 Å². The minimum Gasteiger partial charge on any atom is -0.330 e. The molecular weight excluding hydrogens is 222 g/mol. The lowest BCUT2D eigenvalue weighted by Gasteiger charge is -2.02. The van der Waals surface area contributed by atoms with Crippen LogP contribution in [0.25, 0.3) is 0 Å². The molecule has 1 aromatic rings. The van der Waals surface area contributed by atoms with Crippen molar-refractivity contribution in [3.05, 3.63) is 16.0 Å². The summed E-state index contributed by atoms with van der Waals surface area (Å²) in [5.74, 6) is -0.0804. The maximum absolute atomic E-state index is 11.5. The van der Waals surface area contributed by atoms with E-state index in [0.717, 1.165) is 10.4 Å². The molecule has 1 aromatic heterocycles. The van der Waals surface area contributed by atoms with Gasteiger partial charge in [0.15, 0.2) is 0 Å². The van der Waals surface area contributed by atoms with Crippen molar-refractivity contribution in [1.82, 2.24) is 0 Å². The third-order valence-corrected chi connectivity index (χ3v) is 3.48. The topological polar surface area (TPSA) is 78.9 Å². The number of hydrogen-bond donors (Lipinski definition) is 2. The lowest BCUT2D eigenvalue weighted by molar-refractivity contribution is -0.116.